The largest absolute Gasteiger partial charge is 0.494 e. The van der Waals surface area contributed by atoms with Gasteiger partial charge >= 0.3 is 5.97 Å². The molecule has 1 rings (SSSR count). The third-order valence-corrected chi connectivity index (χ3v) is 2.17. The molecule has 1 aromatic carbocycles. The summed E-state index contributed by atoms with van der Waals surface area (Å²) < 4.78 is 5.22. The zero-order valence-electron chi connectivity index (χ0n) is 9.92. The van der Waals surface area contributed by atoms with E-state index in [4.69, 9.17) is 14.9 Å². The molecule has 0 aliphatic heterocycles. The van der Waals surface area contributed by atoms with Crippen LogP contribution in [0.15, 0.2) is 24.3 Å². The Bertz CT molecular complexity index is 415. The topological polar surface area (TPSA) is 95.9 Å². The molecule has 0 fully saturated rings. The first-order chi connectivity index (χ1) is 8.54. The smallest absolute Gasteiger partial charge is 0.334 e. The van der Waals surface area contributed by atoms with Gasteiger partial charge in [-0.3, -0.25) is 4.79 Å². The monoisotopic (exact) mass is 253 g/mol. The molecule has 0 saturated carbocycles. The van der Waals surface area contributed by atoms with Crippen molar-refractivity contribution in [3.05, 3.63) is 29.8 Å². The Morgan fingerprint density at radius 3 is 2.44 bits per heavy atom. The minimum Gasteiger partial charge on any atom is -0.494 e. The number of carboxylic acid groups (broad SMARTS) is 1. The molecule has 0 heterocycles. The number of benzene rings is 1. The summed E-state index contributed by atoms with van der Waals surface area (Å²) in [5.74, 6) is -1.17. The Labute approximate surface area is 104 Å². The number of aliphatic hydroxyl groups is 1. The van der Waals surface area contributed by atoms with Crippen molar-refractivity contribution >= 4 is 11.9 Å². The number of hydrogen-bond donors (Lipinski definition) is 3. The van der Waals surface area contributed by atoms with Gasteiger partial charge in [-0.05, 0) is 31.2 Å². The second-order valence-corrected chi connectivity index (χ2v) is 3.52. The third-order valence-electron chi connectivity index (χ3n) is 2.17. The summed E-state index contributed by atoms with van der Waals surface area (Å²) in [7, 11) is 0. The lowest BCUT2D eigenvalue weighted by Gasteiger charge is -2.08. The van der Waals surface area contributed by atoms with Crippen molar-refractivity contribution in [2.75, 3.05) is 13.2 Å². The highest BCUT2D eigenvalue weighted by molar-refractivity contribution is 5.94. The molecule has 6 nitrogen and oxygen atoms in total. The van der Waals surface area contributed by atoms with Crippen LogP contribution in [0.3, 0.4) is 0 Å². The van der Waals surface area contributed by atoms with E-state index < -0.39 is 18.0 Å². The first kappa shape index (κ1) is 14.0. The summed E-state index contributed by atoms with van der Waals surface area (Å²) in [5.41, 5.74) is 0.371. The van der Waals surface area contributed by atoms with E-state index in [1.165, 1.54) is 0 Å². The molecule has 0 saturated heterocycles. The summed E-state index contributed by atoms with van der Waals surface area (Å²) in [6, 6.07) is 6.42. The maximum Gasteiger partial charge on any atom is 0.334 e. The van der Waals surface area contributed by atoms with Crippen molar-refractivity contribution in [1.82, 2.24) is 5.32 Å². The molecule has 0 radical (unpaired) electrons. The molecule has 0 aromatic heterocycles. The molecule has 1 atom stereocenters. The van der Waals surface area contributed by atoms with E-state index in [2.05, 4.69) is 5.32 Å². The third kappa shape index (κ3) is 4.06. The average Bonchev–Trinajstić information content (AvgIpc) is 2.36. The average molecular weight is 253 g/mol. The van der Waals surface area contributed by atoms with Crippen LogP contribution in [-0.4, -0.2) is 41.3 Å². The Kier molecular flexibility index (Phi) is 5.13. The predicted molar refractivity (Wildman–Crippen MR) is 63.6 cm³/mol. The highest BCUT2D eigenvalue weighted by atomic mass is 16.5. The fraction of sp³-hybridized carbons (Fsp3) is 0.333. The Morgan fingerprint density at radius 1 is 1.33 bits per heavy atom. The zero-order valence-corrected chi connectivity index (χ0v) is 9.92. The number of carbonyl (C=O) groups excluding carboxylic acids is 1. The number of aliphatic carboxylic acids is 1. The first-order valence-corrected chi connectivity index (χ1v) is 5.46. The van der Waals surface area contributed by atoms with Crippen LogP contribution in [0, 0.1) is 0 Å². The van der Waals surface area contributed by atoms with E-state index >= 15 is 0 Å². The molecule has 1 unspecified atom stereocenters. The van der Waals surface area contributed by atoms with E-state index in [1.54, 1.807) is 24.3 Å². The van der Waals surface area contributed by atoms with Crippen molar-refractivity contribution in [3.63, 3.8) is 0 Å². The summed E-state index contributed by atoms with van der Waals surface area (Å²) in [6.45, 7) is 2.06. The van der Waals surface area contributed by atoms with Gasteiger partial charge < -0.3 is 20.3 Å². The predicted octanol–water partition coefficient (Wildman–Crippen LogP) is 0.261. The van der Waals surface area contributed by atoms with Gasteiger partial charge in [0.05, 0.1) is 13.2 Å². The fourth-order valence-corrected chi connectivity index (χ4v) is 1.25. The Balaban J connectivity index is 2.54. The number of rotatable bonds is 6. The van der Waals surface area contributed by atoms with E-state index in [1.807, 2.05) is 6.92 Å². The molecule has 18 heavy (non-hydrogen) atoms. The number of carbonyl (C=O) groups is 2. The van der Waals surface area contributed by atoms with Gasteiger partial charge in [0, 0.05) is 5.56 Å². The van der Waals surface area contributed by atoms with Crippen LogP contribution >= 0.6 is 0 Å². The molecule has 1 amide bonds. The van der Waals surface area contributed by atoms with Crippen molar-refractivity contribution in [2.24, 2.45) is 0 Å². The summed E-state index contributed by atoms with van der Waals surface area (Å²) >= 11 is 0. The van der Waals surface area contributed by atoms with Crippen molar-refractivity contribution in [3.8, 4) is 5.75 Å². The Morgan fingerprint density at radius 2 is 1.94 bits per heavy atom. The number of hydrogen-bond acceptors (Lipinski definition) is 4. The molecule has 6 heteroatoms. The molecule has 0 spiro atoms. The van der Waals surface area contributed by atoms with E-state index in [9.17, 15) is 9.59 Å². The summed E-state index contributed by atoms with van der Waals surface area (Å²) in [4.78, 5) is 21.9. The highest BCUT2D eigenvalue weighted by Crippen LogP contribution is 2.11. The highest BCUT2D eigenvalue weighted by Gasteiger charge is 2.14. The number of ether oxygens (including phenoxy) is 1. The van der Waals surface area contributed by atoms with Gasteiger partial charge in [0.2, 0.25) is 0 Å². The Hall–Kier alpha value is -2.08. The maximum atomic E-state index is 11.6. The number of carboxylic acids is 1. The van der Waals surface area contributed by atoms with Gasteiger partial charge in [0.25, 0.3) is 5.91 Å². The lowest BCUT2D eigenvalue weighted by molar-refractivity contribution is -0.146. The van der Waals surface area contributed by atoms with Crippen LogP contribution in [0.5, 0.6) is 5.75 Å². The zero-order chi connectivity index (χ0) is 13.5. The van der Waals surface area contributed by atoms with Crippen LogP contribution in [-0.2, 0) is 4.79 Å². The van der Waals surface area contributed by atoms with Crippen LogP contribution < -0.4 is 10.1 Å². The molecule has 3 N–H and O–H groups in total. The molecular formula is C12H15NO5. The lowest BCUT2D eigenvalue weighted by Crippen LogP contribution is -2.36. The summed E-state index contributed by atoms with van der Waals surface area (Å²) in [5, 5.41) is 19.8. The molecule has 98 valence electrons. The first-order valence-electron chi connectivity index (χ1n) is 5.46. The van der Waals surface area contributed by atoms with Crippen molar-refractivity contribution < 1.29 is 24.5 Å². The van der Waals surface area contributed by atoms with E-state index in [0.717, 1.165) is 0 Å². The molecular weight excluding hydrogens is 238 g/mol. The second kappa shape index (κ2) is 6.61. The van der Waals surface area contributed by atoms with Crippen LogP contribution in [0.1, 0.15) is 17.3 Å². The van der Waals surface area contributed by atoms with Gasteiger partial charge in [-0.2, -0.15) is 0 Å². The van der Waals surface area contributed by atoms with Crippen LogP contribution in [0.4, 0.5) is 0 Å². The molecule has 0 aliphatic rings. The number of amides is 1. The number of aliphatic hydroxyl groups excluding tert-OH is 1. The number of nitrogens with one attached hydrogen (secondary N) is 1. The van der Waals surface area contributed by atoms with Gasteiger partial charge in [-0.1, -0.05) is 0 Å². The minimum absolute atomic E-state index is 0.332. The van der Waals surface area contributed by atoms with Gasteiger partial charge in [0.1, 0.15) is 5.75 Å². The molecule has 1 aromatic rings. The standard InChI is InChI=1S/C12H15NO5/c1-2-18-9-5-3-8(4-6-9)11(15)13-7-10(14)12(16)17/h3-6,10,14H,2,7H2,1H3,(H,13,15)(H,16,17). The van der Waals surface area contributed by atoms with Gasteiger partial charge in [-0.25, -0.2) is 4.79 Å². The van der Waals surface area contributed by atoms with Crippen LogP contribution in [0.2, 0.25) is 0 Å². The van der Waals surface area contributed by atoms with Crippen molar-refractivity contribution in [1.29, 1.82) is 0 Å². The normalized spacial score (nSPS) is 11.7. The fourth-order valence-electron chi connectivity index (χ4n) is 1.25. The second-order valence-electron chi connectivity index (χ2n) is 3.52. The quantitative estimate of drug-likeness (QED) is 0.676. The molecule has 0 aliphatic carbocycles. The molecule has 0 bridgehead atoms. The van der Waals surface area contributed by atoms with Gasteiger partial charge in [0.15, 0.2) is 6.10 Å². The van der Waals surface area contributed by atoms with E-state index in [0.29, 0.717) is 17.9 Å². The summed E-state index contributed by atoms with van der Waals surface area (Å²) in [6.07, 6.45) is -1.60. The van der Waals surface area contributed by atoms with Crippen LogP contribution in [0.25, 0.3) is 0 Å². The van der Waals surface area contributed by atoms with Crippen molar-refractivity contribution in [2.45, 2.75) is 13.0 Å². The lowest BCUT2D eigenvalue weighted by atomic mass is 10.2. The minimum atomic E-state index is -1.60. The maximum absolute atomic E-state index is 11.6. The van der Waals surface area contributed by atoms with E-state index in [-0.39, 0.29) is 6.54 Å². The SMILES string of the molecule is CCOc1ccc(C(=O)NCC(O)C(=O)O)cc1. The van der Waals surface area contributed by atoms with Gasteiger partial charge in [-0.15, -0.1) is 0 Å².